The van der Waals surface area contributed by atoms with Crippen molar-refractivity contribution in [3.05, 3.63) is 59.7 Å². The number of likely N-dealkylation sites (tertiary alicyclic amines) is 2. The van der Waals surface area contributed by atoms with E-state index in [0.29, 0.717) is 17.8 Å². The van der Waals surface area contributed by atoms with Crippen LogP contribution in [0, 0.1) is 11.3 Å². The van der Waals surface area contributed by atoms with Crippen LogP contribution in [0.15, 0.2) is 53.4 Å². The number of para-hydroxylation sites is 1. The molecule has 0 bridgehead atoms. The minimum Gasteiger partial charge on any atom is -0.493 e. The van der Waals surface area contributed by atoms with Gasteiger partial charge in [0.25, 0.3) is 0 Å². The molecule has 12 heteroatoms. The first-order chi connectivity index (χ1) is 19.6. The Kier molecular flexibility index (Phi) is 11.0. The van der Waals surface area contributed by atoms with Crippen LogP contribution in [0.1, 0.15) is 44.2 Å². The number of carbonyl (C=O) groups excluding carboxylic acids is 1. The third kappa shape index (κ3) is 9.72. The number of rotatable bonds is 8. The molecule has 42 heavy (non-hydrogen) atoms. The number of alkyl halides is 3. The molecule has 2 aromatic carbocycles. The van der Waals surface area contributed by atoms with Gasteiger partial charge in [-0.05, 0) is 60.9 Å². The number of piperidine rings is 1. The zero-order chi connectivity index (χ0) is 31.1. The van der Waals surface area contributed by atoms with Gasteiger partial charge in [0.1, 0.15) is 5.75 Å². The summed E-state index contributed by atoms with van der Waals surface area (Å²) < 4.78 is 61.1. The molecule has 2 saturated heterocycles. The second-order valence-corrected chi connectivity index (χ2v) is 13.6. The van der Waals surface area contributed by atoms with Crippen LogP contribution in [0.2, 0.25) is 0 Å². The Hall–Kier alpha value is -3.12. The van der Waals surface area contributed by atoms with Crippen molar-refractivity contribution in [3.63, 3.8) is 0 Å². The highest BCUT2D eigenvalue weighted by atomic mass is 32.2. The van der Waals surface area contributed by atoms with Crippen molar-refractivity contribution in [3.8, 4) is 5.75 Å². The number of carboxylic acid groups (broad SMARTS) is 1. The van der Waals surface area contributed by atoms with Gasteiger partial charge in [-0.3, -0.25) is 9.69 Å². The highest BCUT2D eigenvalue weighted by molar-refractivity contribution is 7.90. The molecule has 0 atom stereocenters. The van der Waals surface area contributed by atoms with Gasteiger partial charge in [0.15, 0.2) is 9.84 Å². The lowest BCUT2D eigenvalue weighted by atomic mass is 9.77. The Bertz CT molecular complexity index is 1320. The second-order valence-electron chi connectivity index (χ2n) is 11.5. The van der Waals surface area contributed by atoms with Crippen LogP contribution in [0.5, 0.6) is 5.75 Å². The molecular formula is C30H39F3N2O6S. The molecule has 2 fully saturated rings. The van der Waals surface area contributed by atoms with Gasteiger partial charge in [-0.15, -0.1) is 0 Å². The molecule has 0 saturated carbocycles. The number of benzene rings is 2. The minimum atomic E-state index is -5.08. The number of aliphatic carboxylic acids is 1. The van der Waals surface area contributed by atoms with E-state index in [1.54, 1.807) is 24.3 Å². The molecule has 2 aliphatic heterocycles. The van der Waals surface area contributed by atoms with Crippen molar-refractivity contribution in [2.75, 3.05) is 39.0 Å². The monoisotopic (exact) mass is 612 g/mol. The lowest BCUT2D eigenvalue weighted by molar-refractivity contribution is -0.192. The van der Waals surface area contributed by atoms with Crippen LogP contribution in [-0.2, 0) is 32.4 Å². The van der Waals surface area contributed by atoms with Gasteiger partial charge >= 0.3 is 12.1 Å². The fourth-order valence-electron chi connectivity index (χ4n) is 5.21. The summed E-state index contributed by atoms with van der Waals surface area (Å²) in [7, 11) is -3.22. The Morgan fingerprint density at radius 1 is 1.00 bits per heavy atom. The summed E-state index contributed by atoms with van der Waals surface area (Å²) in [5, 5.41) is 7.12. The van der Waals surface area contributed by atoms with Gasteiger partial charge in [0.2, 0.25) is 5.91 Å². The van der Waals surface area contributed by atoms with E-state index >= 15 is 0 Å². The van der Waals surface area contributed by atoms with Crippen molar-refractivity contribution < 1.29 is 41.0 Å². The lowest BCUT2D eigenvalue weighted by Gasteiger charge is -2.39. The van der Waals surface area contributed by atoms with E-state index in [1.807, 2.05) is 11.0 Å². The number of sulfone groups is 1. The van der Waals surface area contributed by atoms with Crippen LogP contribution < -0.4 is 4.74 Å². The number of hydrogen-bond acceptors (Lipinski definition) is 6. The highest BCUT2D eigenvalue weighted by Gasteiger charge is 2.41. The second kappa shape index (κ2) is 13.9. The number of carboxylic acids is 1. The number of nitrogens with zero attached hydrogens (tertiary/aromatic N) is 2. The average molecular weight is 613 g/mol. The number of hydrogen-bond donors (Lipinski definition) is 1. The Balaban J connectivity index is 0.000000616. The van der Waals surface area contributed by atoms with E-state index in [2.05, 4.69) is 36.9 Å². The number of amides is 1. The van der Waals surface area contributed by atoms with Crippen LogP contribution >= 0.6 is 0 Å². The van der Waals surface area contributed by atoms with Crippen LogP contribution in [0.3, 0.4) is 0 Å². The summed E-state index contributed by atoms with van der Waals surface area (Å²) in [6, 6.07) is 15.0. The predicted molar refractivity (Wildman–Crippen MR) is 152 cm³/mol. The van der Waals surface area contributed by atoms with E-state index < -0.39 is 22.0 Å². The van der Waals surface area contributed by atoms with Crippen molar-refractivity contribution in [2.45, 2.75) is 57.1 Å². The molecule has 0 aromatic heterocycles. The SMILES string of the molecule is CC(C)COc1ccccc1CN1CCC2(CCN(C(=O)Cc3ccc(S(C)(=O)=O)cc3)CC2)C1.O=C(O)C(F)(F)F. The third-order valence-corrected chi connectivity index (χ3v) is 8.71. The van der Waals surface area contributed by atoms with Gasteiger partial charge in [-0.1, -0.05) is 44.2 Å². The maximum absolute atomic E-state index is 12.9. The topological polar surface area (TPSA) is 104 Å². The molecule has 8 nitrogen and oxygen atoms in total. The molecule has 232 valence electrons. The maximum Gasteiger partial charge on any atom is 0.490 e. The molecular weight excluding hydrogens is 573 g/mol. The smallest absolute Gasteiger partial charge is 0.490 e. The Labute approximate surface area is 245 Å². The van der Waals surface area contributed by atoms with Crippen molar-refractivity contribution in [1.82, 2.24) is 9.80 Å². The molecule has 0 radical (unpaired) electrons. The minimum absolute atomic E-state index is 0.123. The normalized spacial score (nSPS) is 17.2. The summed E-state index contributed by atoms with van der Waals surface area (Å²) in [5.41, 5.74) is 2.40. The molecule has 2 heterocycles. The largest absolute Gasteiger partial charge is 0.493 e. The summed E-state index contributed by atoms with van der Waals surface area (Å²) in [4.78, 5) is 26.6. The molecule has 1 N–H and O–H groups in total. The average Bonchev–Trinajstić information content (AvgIpc) is 3.29. The predicted octanol–water partition coefficient (Wildman–Crippen LogP) is 4.82. The summed E-state index contributed by atoms with van der Waals surface area (Å²) >= 11 is 0. The van der Waals surface area contributed by atoms with Gasteiger partial charge in [0, 0.05) is 38.0 Å². The zero-order valence-corrected chi connectivity index (χ0v) is 25.0. The summed E-state index contributed by atoms with van der Waals surface area (Å²) in [6.07, 6.45) is -0.324. The van der Waals surface area contributed by atoms with E-state index in [4.69, 9.17) is 14.6 Å². The van der Waals surface area contributed by atoms with E-state index in [0.717, 1.165) is 63.5 Å². The Morgan fingerprint density at radius 3 is 2.12 bits per heavy atom. The van der Waals surface area contributed by atoms with Gasteiger partial charge in [-0.2, -0.15) is 13.2 Å². The highest BCUT2D eigenvalue weighted by Crippen LogP contribution is 2.41. The van der Waals surface area contributed by atoms with Crippen molar-refractivity contribution >= 4 is 21.7 Å². The molecule has 2 aliphatic rings. The standard InChI is InChI=1S/C28H38N2O4S.C2HF3O2/c1-22(2)20-34-26-7-5-4-6-24(26)19-29-15-12-28(21-29)13-16-30(17-14-28)27(31)18-23-8-10-25(11-9-23)35(3,32)33;3-2(4,5)1(6)7/h4-11,22H,12-21H2,1-3H3;(H,6,7). The van der Waals surface area contributed by atoms with Gasteiger partial charge in [0.05, 0.1) is 17.9 Å². The first-order valence-electron chi connectivity index (χ1n) is 13.9. The summed E-state index contributed by atoms with van der Waals surface area (Å²) in [5.74, 6) is -1.14. The van der Waals surface area contributed by atoms with E-state index in [-0.39, 0.29) is 10.8 Å². The molecule has 1 amide bonds. The number of halogens is 3. The van der Waals surface area contributed by atoms with Gasteiger partial charge in [-0.25, -0.2) is 13.2 Å². The first-order valence-corrected chi connectivity index (χ1v) is 15.8. The lowest BCUT2D eigenvalue weighted by Crippen LogP contribution is -2.44. The maximum atomic E-state index is 12.9. The molecule has 1 spiro atoms. The molecule has 0 unspecified atom stereocenters. The zero-order valence-electron chi connectivity index (χ0n) is 24.2. The van der Waals surface area contributed by atoms with E-state index in [1.165, 1.54) is 18.2 Å². The quantitative estimate of drug-likeness (QED) is 0.456. The summed E-state index contributed by atoms with van der Waals surface area (Å²) in [6.45, 7) is 9.70. The van der Waals surface area contributed by atoms with Crippen LogP contribution in [-0.4, -0.2) is 80.4 Å². The van der Waals surface area contributed by atoms with Gasteiger partial charge < -0.3 is 14.7 Å². The first kappa shape index (κ1) is 33.4. The van der Waals surface area contributed by atoms with E-state index in [9.17, 15) is 26.4 Å². The Morgan fingerprint density at radius 2 is 1.57 bits per heavy atom. The molecule has 2 aromatic rings. The fourth-order valence-corrected chi connectivity index (χ4v) is 5.85. The van der Waals surface area contributed by atoms with Crippen molar-refractivity contribution in [1.29, 1.82) is 0 Å². The third-order valence-electron chi connectivity index (χ3n) is 7.58. The number of ether oxygens (including phenoxy) is 1. The fraction of sp³-hybridized carbons (Fsp3) is 0.533. The molecule has 4 rings (SSSR count). The number of carbonyl (C=O) groups is 2. The molecule has 0 aliphatic carbocycles. The van der Waals surface area contributed by atoms with Crippen molar-refractivity contribution in [2.24, 2.45) is 11.3 Å². The van der Waals surface area contributed by atoms with Crippen LogP contribution in [0.4, 0.5) is 13.2 Å². The van der Waals surface area contributed by atoms with Crippen LogP contribution in [0.25, 0.3) is 0 Å².